The number of fused-ring (bicyclic) bond motifs is 1. The number of hydrogen-bond donors (Lipinski definition) is 1. The van der Waals surface area contributed by atoms with E-state index >= 15 is 0 Å². The molecule has 4 rings (SSSR count). The van der Waals surface area contributed by atoms with Gasteiger partial charge >= 0.3 is 0 Å². The van der Waals surface area contributed by atoms with Gasteiger partial charge in [-0.05, 0) is 73.4 Å². The number of anilines is 2. The van der Waals surface area contributed by atoms with Gasteiger partial charge < -0.3 is 10.2 Å². The third-order valence-corrected chi connectivity index (χ3v) is 6.14. The number of para-hydroxylation sites is 2. The number of nitrogens with one attached hydrogen (secondary N) is 1. The number of rotatable bonds is 4. The van der Waals surface area contributed by atoms with Crippen molar-refractivity contribution < 1.29 is 9.59 Å². The molecule has 5 nitrogen and oxygen atoms in total. The molecular formula is C26H24ClN3O2. The lowest BCUT2D eigenvalue weighted by Crippen LogP contribution is -2.38. The van der Waals surface area contributed by atoms with E-state index in [1.54, 1.807) is 18.2 Å². The molecular weight excluding hydrogens is 422 g/mol. The van der Waals surface area contributed by atoms with E-state index in [1.165, 1.54) is 10.5 Å². The molecule has 1 aliphatic heterocycles. The number of carbonyl (C=O) groups excluding carboxylic acids is 2. The van der Waals surface area contributed by atoms with Gasteiger partial charge in [-0.1, -0.05) is 41.9 Å². The summed E-state index contributed by atoms with van der Waals surface area (Å²) in [6.07, 6.45) is 0.112. The van der Waals surface area contributed by atoms with Crippen LogP contribution in [0, 0.1) is 20.8 Å². The van der Waals surface area contributed by atoms with Crippen molar-refractivity contribution in [3.63, 3.8) is 0 Å². The second-order valence-corrected chi connectivity index (χ2v) is 8.37. The van der Waals surface area contributed by atoms with Crippen molar-refractivity contribution in [1.29, 1.82) is 0 Å². The van der Waals surface area contributed by atoms with Crippen LogP contribution >= 0.6 is 11.6 Å². The van der Waals surface area contributed by atoms with Gasteiger partial charge in [-0.15, -0.1) is 0 Å². The largest absolute Gasteiger partial charge is 0.324 e. The summed E-state index contributed by atoms with van der Waals surface area (Å²) < 4.78 is 0. The van der Waals surface area contributed by atoms with Crippen LogP contribution in [0.3, 0.4) is 0 Å². The van der Waals surface area contributed by atoms with Gasteiger partial charge in [0.15, 0.2) is 0 Å². The Labute approximate surface area is 192 Å². The molecule has 0 saturated carbocycles. The first-order chi connectivity index (χ1) is 15.3. The van der Waals surface area contributed by atoms with E-state index in [1.807, 2.05) is 56.3 Å². The average molecular weight is 446 g/mol. The Balaban J connectivity index is 1.63. The van der Waals surface area contributed by atoms with Crippen LogP contribution in [0.1, 0.15) is 28.7 Å². The zero-order chi connectivity index (χ0) is 22.8. The van der Waals surface area contributed by atoms with E-state index < -0.39 is 0 Å². The predicted molar refractivity (Wildman–Crippen MR) is 130 cm³/mol. The maximum absolute atomic E-state index is 13.3. The molecule has 3 aromatic rings. The monoisotopic (exact) mass is 445 g/mol. The lowest BCUT2D eigenvalue weighted by molar-refractivity contribution is -0.120. The highest BCUT2D eigenvalue weighted by Crippen LogP contribution is 2.33. The first kappa shape index (κ1) is 21.8. The summed E-state index contributed by atoms with van der Waals surface area (Å²) in [5, 5.41) is 3.45. The third-order valence-electron chi connectivity index (χ3n) is 5.73. The SMILES string of the molecule is Cc1ccc(C2=Nc3ccccc3N(CC(=O)Nc3cccc(Cl)c3C)C(=O)C2)cc1C. The molecule has 1 heterocycles. The van der Waals surface area contributed by atoms with Crippen molar-refractivity contribution in [2.24, 2.45) is 4.99 Å². The van der Waals surface area contributed by atoms with E-state index in [0.29, 0.717) is 27.8 Å². The number of carbonyl (C=O) groups is 2. The maximum atomic E-state index is 13.3. The Morgan fingerprint density at radius 3 is 2.59 bits per heavy atom. The first-order valence-electron chi connectivity index (χ1n) is 10.4. The van der Waals surface area contributed by atoms with Crippen LogP contribution in [-0.2, 0) is 9.59 Å². The van der Waals surface area contributed by atoms with Crippen molar-refractivity contribution >= 4 is 46.2 Å². The molecule has 32 heavy (non-hydrogen) atoms. The molecule has 0 atom stereocenters. The van der Waals surface area contributed by atoms with Gasteiger partial charge in [-0.2, -0.15) is 0 Å². The second-order valence-electron chi connectivity index (χ2n) is 7.96. The van der Waals surface area contributed by atoms with Gasteiger partial charge in [0.1, 0.15) is 6.54 Å². The summed E-state index contributed by atoms with van der Waals surface area (Å²) in [6, 6.07) is 18.8. The van der Waals surface area contributed by atoms with Gasteiger partial charge in [0, 0.05) is 10.7 Å². The number of halogens is 1. The van der Waals surface area contributed by atoms with Crippen LogP contribution in [0.15, 0.2) is 65.7 Å². The lowest BCUT2D eigenvalue weighted by atomic mass is 10.0. The van der Waals surface area contributed by atoms with Crippen molar-refractivity contribution in [1.82, 2.24) is 0 Å². The number of hydrogen-bond acceptors (Lipinski definition) is 3. The fourth-order valence-electron chi connectivity index (χ4n) is 3.68. The molecule has 6 heteroatoms. The standard InChI is InChI=1S/C26H24ClN3O2/c1-16-11-12-19(13-17(16)2)23-14-26(32)30(24-10-5-4-8-22(24)28-23)15-25(31)29-21-9-6-7-20(27)18(21)3/h4-13H,14-15H2,1-3H3,(H,29,31). The molecule has 0 aromatic heterocycles. The van der Waals surface area contributed by atoms with Crippen LogP contribution in [0.4, 0.5) is 17.1 Å². The molecule has 3 aromatic carbocycles. The Morgan fingerprint density at radius 1 is 1.03 bits per heavy atom. The Kier molecular flexibility index (Phi) is 6.10. The number of benzene rings is 3. The van der Waals surface area contributed by atoms with Gasteiger partial charge in [0.25, 0.3) is 0 Å². The molecule has 0 fully saturated rings. The molecule has 2 amide bonds. The fraction of sp³-hybridized carbons (Fsp3) is 0.192. The highest BCUT2D eigenvalue weighted by molar-refractivity contribution is 6.31. The average Bonchev–Trinajstić information content (AvgIpc) is 2.90. The van der Waals surface area contributed by atoms with E-state index in [0.717, 1.165) is 16.7 Å². The molecule has 0 radical (unpaired) electrons. The Bertz CT molecular complexity index is 1250. The smallest absolute Gasteiger partial charge is 0.244 e. The van der Waals surface area contributed by atoms with Crippen LogP contribution in [0.25, 0.3) is 0 Å². The Morgan fingerprint density at radius 2 is 1.81 bits per heavy atom. The van der Waals surface area contributed by atoms with Gasteiger partial charge in [-0.3, -0.25) is 14.6 Å². The molecule has 0 spiro atoms. The lowest BCUT2D eigenvalue weighted by Gasteiger charge is -2.22. The van der Waals surface area contributed by atoms with Gasteiger partial charge in [-0.25, -0.2) is 0 Å². The maximum Gasteiger partial charge on any atom is 0.244 e. The fourth-order valence-corrected chi connectivity index (χ4v) is 3.86. The number of aliphatic imine (C=N–C) groups is 1. The van der Waals surface area contributed by atoms with Crippen molar-refractivity contribution in [2.75, 3.05) is 16.8 Å². The molecule has 1 aliphatic rings. The quantitative estimate of drug-likeness (QED) is 0.554. The molecule has 0 unspecified atom stereocenters. The topological polar surface area (TPSA) is 61.8 Å². The summed E-state index contributed by atoms with van der Waals surface area (Å²) in [5.41, 5.74) is 6.63. The summed E-state index contributed by atoms with van der Waals surface area (Å²) >= 11 is 6.16. The van der Waals surface area contributed by atoms with Crippen LogP contribution in [-0.4, -0.2) is 24.1 Å². The highest BCUT2D eigenvalue weighted by atomic mass is 35.5. The normalized spacial score (nSPS) is 13.3. The molecule has 0 saturated heterocycles. The molecule has 0 aliphatic carbocycles. The van der Waals surface area contributed by atoms with Crippen LogP contribution in [0.2, 0.25) is 5.02 Å². The van der Waals surface area contributed by atoms with E-state index in [4.69, 9.17) is 16.6 Å². The molecule has 162 valence electrons. The van der Waals surface area contributed by atoms with Crippen molar-refractivity contribution in [3.05, 3.63) is 87.9 Å². The van der Waals surface area contributed by atoms with E-state index in [2.05, 4.69) is 12.2 Å². The Hall–Kier alpha value is -3.44. The summed E-state index contributed by atoms with van der Waals surface area (Å²) in [6.45, 7) is 5.82. The van der Waals surface area contributed by atoms with Crippen molar-refractivity contribution in [3.8, 4) is 0 Å². The molecule has 0 bridgehead atoms. The van der Waals surface area contributed by atoms with Gasteiger partial charge in [0.2, 0.25) is 11.8 Å². The van der Waals surface area contributed by atoms with E-state index in [-0.39, 0.29) is 24.8 Å². The zero-order valence-electron chi connectivity index (χ0n) is 18.3. The molecule has 1 N–H and O–H groups in total. The van der Waals surface area contributed by atoms with Crippen molar-refractivity contribution in [2.45, 2.75) is 27.2 Å². The minimum absolute atomic E-state index is 0.112. The summed E-state index contributed by atoms with van der Waals surface area (Å²) in [5.74, 6) is -0.474. The zero-order valence-corrected chi connectivity index (χ0v) is 19.0. The highest BCUT2D eigenvalue weighted by Gasteiger charge is 2.27. The van der Waals surface area contributed by atoms with Crippen LogP contribution in [0.5, 0.6) is 0 Å². The number of amides is 2. The van der Waals surface area contributed by atoms with E-state index in [9.17, 15) is 9.59 Å². The van der Waals surface area contributed by atoms with Gasteiger partial charge in [0.05, 0.1) is 23.5 Å². The predicted octanol–water partition coefficient (Wildman–Crippen LogP) is 5.76. The minimum atomic E-state index is -0.298. The minimum Gasteiger partial charge on any atom is -0.324 e. The number of nitrogens with zero attached hydrogens (tertiary/aromatic N) is 2. The third kappa shape index (κ3) is 4.43. The van der Waals surface area contributed by atoms with Crippen LogP contribution < -0.4 is 10.2 Å². The summed E-state index contributed by atoms with van der Waals surface area (Å²) in [7, 11) is 0. The number of aryl methyl sites for hydroxylation is 2. The second kappa shape index (κ2) is 8.97. The summed E-state index contributed by atoms with van der Waals surface area (Å²) in [4.78, 5) is 32.4. The first-order valence-corrected chi connectivity index (χ1v) is 10.8.